The van der Waals surface area contributed by atoms with Gasteiger partial charge in [0.15, 0.2) is 15.3 Å². The van der Waals surface area contributed by atoms with Crippen LogP contribution in [0, 0.1) is 6.92 Å². The summed E-state index contributed by atoms with van der Waals surface area (Å²) in [7, 11) is -1.87. The Morgan fingerprint density at radius 1 is 1.00 bits per heavy atom. The largest absolute Gasteiger partial charge is 0.593 e. The highest BCUT2D eigenvalue weighted by Crippen LogP contribution is 2.25. The lowest BCUT2D eigenvalue weighted by Crippen LogP contribution is -2.51. The maximum Gasteiger partial charge on any atom is 0.227 e. The van der Waals surface area contributed by atoms with Crippen LogP contribution >= 0.6 is 0 Å². The molecule has 1 fully saturated rings. The molecule has 0 aliphatic carbocycles. The summed E-state index contributed by atoms with van der Waals surface area (Å²) in [6, 6.07) is 16.3. The van der Waals surface area contributed by atoms with E-state index in [4.69, 9.17) is 4.74 Å². The summed E-state index contributed by atoms with van der Waals surface area (Å²) in [5, 5.41) is 3.25. The molecule has 1 atom stereocenters. The van der Waals surface area contributed by atoms with Crippen LogP contribution in [0.25, 0.3) is 0 Å². The monoisotopic (exact) mass is 439 g/mol. The van der Waals surface area contributed by atoms with E-state index < -0.39 is 10.4 Å². The van der Waals surface area contributed by atoms with Gasteiger partial charge in [0.1, 0.15) is 11.6 Å². The van der Waals surface area contributed by atoms with Crippen LogP contribution in [0.2, 0.25) is 0 Å². The smallest absolute Gasteiger partial charge is 0.227 e. The van der Waals surface area contributed by atoms with Gasteiger partial charge >= 0.3 is 0 Å². The molecule has 4 rings (SSSR count). The number of benzene rings is 2. The molecule has 9 heteroatoms. The van der Waals surface area contributed by atoms with Crippen molar-refractivity contribution in [3.8, 4) is 5.75 Å². The molecule has 0 bridgehead atoms. The number of aromatic nitrogens is 2. The second-order valence-electron chi connectivity index (χ2n) is 7.30. The SMILES string of the molecule is COc1ccc(Nc2ccnc(N3CCN([S+](=O)([O-])c4ccc(C)cc4)CC3)n2)cc1. The summed E-state index contributed by atoms with van der Waals surface area (Å²) in [4.78, 5) is 11.3. The van der Waals surface area contributed by atoms with Gasteiger partial charge in [-0.2, -0.15) is 4.98 Å². The van der Waals surface area contributed by atoms with Crippen LogP contribution in [0.3, 0.4) is 0 Å². The van der Waals surface area contributed by atoms with Crippen molar-refractivity contribution in [3.63, 3.8) is 0 Å². The van der Waals surface area contributed by atoms with Crippen LogP contribution in [0.15, 0.2) is 65.7 Å². The van der Waals surface area contributed by atoms with Crippen molar-refractivity contribution in [2.24, 2.45) is 0 Å². The average Bonchev–Trinajstić information content (AvgIpc) is 2.80. The molecule has 3 aromatic rings. The number of ether oxygens (including phenoxy) is 1. The first-order chi connectivity index (χ1) is 15.0. The van der Waals surface area contributed by atoms with Gasteiger partial charge in [-0.1, -0.05) is 21.9 Å². The molecule has 0 amide bonds. The van der Waals surface area contributed by atoms with Crippen molar-refractivity contribution in [2.75, 3.05) is 43.5 Å². The highest BCUT2D eigenvalue weighted by Gasteiger charge is 2.33. The molecule has 1 aromatic heterocycles. The van der Waals surface area contributed by atoms with Crippen molar-refractivity contribution in [3.05, 3.63) is 66.4 Å². The van der Waals surface area contributed by atoms with E-state index in [1.165, 1.54) is 4.31 Å². The highest BCUT2D eigenvalue weighted by atomic mass is 32.3. The molecule has 1 saturated heterocycles. The second kappa shape index (κ2) is 9.01. The Labute approximate surface area is 183 Å². The predicted octanol–water partition coefficient (Wildman–Crippen LogP) is 3.26. The molecular weight excluding hydrogens is 414 g/mol. The number of anilines is 3. The van der Waals surface area contributed by atoms with Gasteiger partial charge in [-0.15, -0.1) is 4.31 Å². The Kier molecular flexibility index (Phi) is 6.17. The second-order valence-corrected chi connectivity index (χ2v) is 9.24. The fourth-order valence-corrected chi connectivity index (χ4v) is 4.80. The van der Waals surface area contributed by atoms with Crippen molar-refractivity contribution in [1.82, 2.24) is 14.3 Å². The van der Waals surface area contributed by atoms with Gasteiger partial charge in [0.2, 0.25) is 5.95 Å². The van der Waals surface area contributed by atoms with E-state index in [1.807, 2.05) is 48.2 Å². The summed E-state index contributed by atoms with van der Waals surface area (Å²) < 4.78 is 32.5. The van der Waals surface area contributed by atoms with Gasteiger partial charge < -0.3 is 19.5 Å². The first kappa shape index (κ1) is 21.2. The molecule has 0 saturated carbocycles. The van der Waals surface area contributed by atoms with Crippen molar-refractivity contribution in [2.45, 2.75) is 11.8 Å². The zero-order valence-corrected chi connectivity index (χ0v) is 18.3. The Hall–Kier alpha value is -3.01. The minimum absolute atomic E-state index is 0.327. The molecule has 2 heterocycles. The highest BCUT2D eigenvalue weighted by molar-refractivity contribution is 7.95. The summed E-state index contributed by atoms with van der Waals surface area (Å²) in [5.41, 5.74) is 1.92. The minimum Gasteiger partial charge on any atom is -0.593 e. The zero-order chi connectivity index (χ0) is 21.8. The molecule has 8 nitrogen and oxygen atoms in total. The first-order valence-electron chi connectivity index (χ1n) is 10.0. The molecule has 1 unspecified atom stereocenters. The summed E-state index contributed by atoms with van der Waals surface area (Å²) in [6.45, 7) is 3.76. The number of hydrogen-bond acceptors (Lipinski definition) is 7. The normalized spacial score (nSPS) is 16.5. The van der Waals surface area contributed by atoms with Crippen LogP contribution in [0.5, 0.6) is 5.75 Å². The van der Waals surface area contributed by atoms with Crippen LogP contribution in [-0.4, -0.2) is 52.1 Å². The van der Waals surface area contributed by atoms with Crippen molar-refractivity contribution >= 4 is 27.9 Å². The van der Waals surface area contributed by atoms with Gasteiger partial charge in [-0.3, -0.25) is 0 Å². The molecule has 31 heavy (non-hydrogen) atoms. The summed E-state index contributed by atoms with van der Waals surface area (Å²) in [6.07, 6.45) is 1.70. The lowest BCUT2D eigenvalue weighted by atomic mass is 10.2. The third kappa shape index (κ3) is 4.84. The number of methoxy groups -OCH3 is 1. The fourth-order valence-electron chi connectivity index (χ4n) is 3.38. The van der Waals surface area contributed by atoms with E-state index in [-0.39, 0.29) is 0 Å². The molecular formula is C22H25N5O3S. The summed E-state index contributed by atoms with van der Waals surface area (Å²) >= 11 is 0. The van der Waals surface area contributed by atoms with Gasteiger partial charge in [0, 0.05) is 25.0 Å². The standard InChI is InChI=1S/C22H25N5O3S/c1-17-3-9-20(10-4-17)31(28,29)27-15-13-26(14-16-27)22-23-12-11-21(25-22)24-18-5-7-19(30-2)8-6-18/h3-12H,13-16H2,1-2H3,(H-,23,24,25,28,29). The van der Waals surface area contributed by atoms with Crippen molar-refractivity contribution in [1.29, 1.82) is 0 Å². The van der Waals surface area contributed by atoms with E-state index in [1.54, 1.807) is 31.5 Å². The van der Waals surface area contributed by atoms with E-state index in [9.17, 15) is 8.76 Å². The van der Waals surface area contributed by atoms with Crippen LogP contribution in [-0.2, 0) is 14.6 Å². The number of nitrogens with one attached hydrogen (secondary N) is 1. The number of nitrogens with zero attached hydrogens (tertiary/aromatic N) is 4. The molecule has 1 aliphatic heterocycles. The van der Waals surface area contributed by atoms with Crippen LogP contribution in [0.1, 0.15) is 5.56 Å². The molecule has 1 N–H and O–H groups in total. The Bertz CT molecular complexity index is 1070. The summed E-state index contributed by atoms with van der Waals surface area (Å²) in [5.74, 6) is 2.03. The van der Waals surface area contributed by atoms with Crippen LogP contribution < -0.4 is 15.0 Å². The molecule has 1 aliphatic rings. The minimum atomic E-state index is -3.50. The number of rotatable bonds is 6. The number of sulfonamides is 1. The van der Waals surface area contributed by atoms with E-state index in [2.05, 4.69) is 15.3 Å². The lowest BCUT2D eigenvalue weighted by molar-refractivity contribution is 0.337. The van der Waals surface area contributed by atoms with E-state index in [0.29, 0.717) is 42.8 Å². The number of hydrogen-bond donors (Lipinski definition) is 1. The topological polar surface area (TPSA) is 93.7 Å². The number of piperazine rings is 1. The predicted molar refractivity (Wildman–Crippen MR) is 120 cm³/mol. The first-order valence-corrected chi connectivity index (χ1v) is 11.5. The third-order valence-corrected chi connectivity index (χ3v) is 7.10. The Balaban J connectivity index is 1.41. The fraction of sp³-hybridized carbons (Fsp3) is 0.273. The third-order valence-electron chi connectivity index (χ3n) is 5.19. The van der Waals surface area contributed by atoms with Crippen LogP contribution in [0.4, 0.5) is 17.5 Å². The van der Waals surface area contributed by atoms with Gasteiger partial charge in [0.05, 0.1) is 20.2 Å². The maximum absolute atomic E-state index is 12.9. The van der Waals surface area contributed by atoms with E-state index in [0.717, 1.165) is 17.0 Å². The quantitative estimate of drug-likeness (QED) is 0.589. The Morgan fingerprint density at radius 3 is 2.32 bits per heavy atom. The van der Waals surface area contributed by atoms with Gasteiger partial charge in [-0.25, -0.2) is 4.98 Å². The molecule has 162 valence electrons. The number of aryl methyl sites for hydroxylation is 1. The van der Waals surface area contributed by atoms with Crippen molar-refractivity contribution < 1.29 is 13.5 Å². The molecule has 0 spiro atoms. The zero-order valence-electron chi connectivity index (χ0n) is 17.5. The van der Waals surface area contributed by atoms with E-state index >= 15 is 0 Å². The Morgan fingerprint density at radius 2 is 1.68 bits per heavy atom. The maximum atomic E-state index is 12.9. The molecule has 2 aromatic carbocycles. The van der Waals surface area contributed by atoms with Gasteiger partial charge in [0.25, 0.3) is 0 Å². The lowest BCUT2D eigenvalue weighted by Gasteiger charge is -2.35. The average molecular weight is 440 g/mol. The molecule has 0 radical (unpaired) electrons. The van der Waals surface area contributed by atoms with Gasteiger partial charge in [-0.05, 0) is 49.4 Å².